The van der Waals surface area contributed by atoms with Crippen molar-refractivity contribution in [3.63, 3.8) is 0 Å². The average Bonchev–Trinajstić information content (AvgIpc) is 2.72. The lowest BCUT2D eigenvalue weighted by molar-refractivity contribution is 0.118. The van der Waals surface area contributed by atoms with Crippen LogP contribution in [0.3, 0.4) is 0 Å². The van der Waals surface area contributed by atoms with Gasteiger partial charge in [0.25, 0.3) is 0 Å². The third-order valence-electron chi connectivity index (χ3n) is 3.84. The van der Waals surface area contributed by atoms with Crippen molar-refractivity contribution in [2.75, 3.05) is 39.8 Å². The van der Waals surface area contributed by atoms with Crippen molar-refractivity contribution in [2.24, 2.45) is 0 Å². The molecule has 0 N–H and O–H groups in total. The summed E-state index contributed by atoms with van der Waals surface area (Å²) in [5.41, 5.74) is 0. The van der Waals surface area contributed by atoms with Crippen LogP contribution in [0, 0.1) is 5.82 Å². The Kier molecular flexibility index (Phi) is 6.74. The molecule has 2 rings (SSSR count). The Balaban J connectivity index is 1.92. The van der Waals surface area contributed by atoms with Crippen LogP contribution in [0.2, 0.25) is 0 Å². The van der Waals surface area contributed by atoms with Crippen molar-refractivity contribution in [1.29, 1.82) is 0 Å². The number of aromatic nitrogens is 2. The highest BCUT2D eigenvalue weighted by atomic mass is 19.1. The molecule has 0 amide bonds. The van der Waals surface area contributed by atoms with Crippen molar-refractivity contribution in [3.05, 3.63) is 30.9 Å². The van der Waals surface area contributed by atoms with Gasteiger partial charge in [0.05, 0.1) is 12.4 Å². The molecule has 0 spiro atoms. The molecule has 5 nitrogen and oxygen atoms in total. The molecule has 6 heteroatoms. The largest absolute Gasteiger partial charge is 0.459 e. The molecule has 1 aliphatic rings. The molecule has 22 heavy (non-hydrogen) atoms. The van der Waals surface area contributed by atoms with E-state index in [4.69, 9.17) is 4.74 Å². The Morgan fingerprint density at radius 1 is 1.32 bits per heavy atom. The molecule has 1 aliphatic heterocycles. The SMILES string of the molecule is C=CCC[C@@H](CN1CCCN(C)CC1)Oc1ncc(F)cn1. The van der Waals surface area contributed by atoms with Crippen LogP contribution in [0.5, 0.6) is 6.01 Å². The van der Waals surface area contributed by atoms with Gasteiger partial charge in [-0.15, -0.1) is 6.58 Å². The van der Waals surface area contributed by atoms with E-state index < -0.39 is 5.82 Å². The van der Waals surface area contributed by atoms with Crippen LogP contribution in [-0.2, 0) is 0 Å². The molecule has 1 aromatic heterocycles. The topological polar surface area (TPSA) is 41.5 Å². The first kappa shape index (κ1) is 16.8. The van der Waals surface area contributed by atoms with Crippen molar-refractivity contribution in [2.45, 2.75) is 25.4 Å². The number of hydrogen-bond donors (Lipinski definition) is 0. The van der Waals surface area contributed by atoms with E-state index in [-0.39, 0.29) is 12.1 Å². The van der Waals surface area contributed by atoms with Gasteiger partial charge in [0.2, 0.25) is 0 Å². The summed E-state index contributed by atoms with van der Waals surface area (Å²) in [6.07, 6.45) is 7.04. The molecule has 1 atom stereocenters. The highest BCUT2D eigenvalue weighted by molar-refractivity contribution is 4.96. The maximum Gasteiger partial charge on any atom is 0.316 e. The predicted octanol–water partition coefficient (Wildman–Crippen LogP) is 1.97. The molecule has 2 heterocycles. The second kappa shape index (κ2) is 8.80. The van der Waals surface area contributed by atoms with E-state index in [0.717, 1.165) is 64.4 Å². The summed E-state index contributed by atoms with van der Waals surface area (Å²) in [5, 5.41) is 0. The van der Waals surface area contributed by atoms with Gasteiger partial charge in [-0.3, -0.25) is 4.90 Å². The number of hydrogen-bond acceptors (Lipinski definition) is 5. The zero-order chi connectivity index (χ0) is 15.8. The molecule has 0 radical (unpaired) electrons. The van der Waals surface area contributed by atoms with Gasteiger partial charge in [0.1, 0.15) is 6.10 Å². The summed E-state index contributed by atoms with van der Waals surface area (Å²) in [6, 6.07) is 0.238. The molecule has 122 valence electrons. The number of likely N-dealkylation sites (N-methyl/N-ethyl adjacent to an activating group) is 1. The summed E-state index contributed by atoms with van der Waals surface area (Å²) < 4.78 is 18.7. The van der Waals surface area contributed by atoms with Gasteiger partial charge < -0.3 is 9.64 Å². The van der Waals surface area contributed by atoms with Crippen LogP contribution < -0.4 is 4.74 Å². The van der Waals surface area contributed by atoms with Crippen molar-refractivity contribution >= 4 is 0 Å². The molecule has 0 saturated carbocycles. The van der Waals surface area contributed by atoms with Gasteiger partial charge in [0, 0.05) is 19.6 Å². The molecule has 0 unspecified atom stereocenters. The zero-order valence-electron chi connectivity index (χ0n) is 13.2. The van der Waals surface area contributed by atoms with Gasteiger partial charge in [-0.2, -0.15) is 0 Å². The number of halogens is 1. The van der Waals surface area contributed by atoms with Gasteiger partial charge >= 0.3 is 6.01 Å². The molecule has 0 aliphatic carbocycles. The number of rotatable bonds is 7. The third-order valence-corrected chi connectivity index (χ3v) is 3.84. The van der Waals surface area contributed by atoms with Crippen LogP contribution in [0.1, 0.15) is 19.3 Å². The zero-order valence-corrected chi connectivity index (χ0v) is 13.2. The first-order valence-corrected chi connectivity index (χ1v) is 7.83. The average molecular weight is 308 g/mol. The predicted molar refractivity (Wildman–Crippen MR) is 84.4 cm³/mol. The fraction of sp³-hybridized carbons (Fsp3) is 0.625. The van der Waals surface area contributed by atoms with Crippen LogP contribution in [-0.4, -0.2) is 65.6 Å². The summed E-state index contributed by atoms with van der Waals surface area (Å²) in [4.78, 5) is 12.5. The monoisotopic (exact) mass is 308 g/mol. The lowest BCUT2D eigenvalue weighted by Gasteiger charge is -2.26. The van der Waals surface area contributed by atoms with Gasteiger partial charge in [-0.25, -0.2) is 14.4 Å². The smallest absolute Gasteiger partial charge is 0.316 e. The van der Waals surface area contributed by atoms with E-state index in [0.29, 0.717) is 0 Å². The quantitative estimate of drug-likeness (QED) is 0.720. The van der Waals surface area contributed by atoms with Crippen LogP contribution in [0.4, 0.5) is 4.39 Å². The maximum absolute atomic E-state index is 12.9. The van der Waals surface area contributed by atoms with Crippen molar-refractivity contribution < 1.29 is 9.13 Å². The standard InChI is InChI=1S/C16H25FN4O/c1-3-4-6-15(22-16-18-11-14(17)12-19-16)13-21-8-5-7-20(2)9-10-21/h3,11-12,15H,1,4-10,13H2,2H3/t15-/m0/s1. The van der Waals surface area contributed by atoms with Crippen molar-refractivity contribution in [1.82, 2.24) is 19.8 Å². The fourth-order valence-electron chi connectivity index (χ4n) is 2.57. The Labute approximate surface area is 131 Å². The molecule has 1 fully saturated rings. The lowest BCUT2D eigenvalue weighted by atomic mass is 10.2. The minimum absolute atomic E-state index is 0.00753. The van der Waals surface area contributed by atoms with Gasteiger partial charge in [0.15, 0.2) is 5.82 Å². The minimum Gasteiger partial charge on any atom is -0.459 e. The van der Waals surface area contributed by atoms with Gasteiger partial charge in [-0.1, -0.05) is 6.08 Å². The first-order chi connectivity index (χ1) is 10.7. The summed E-state index contributed by atoms with van der Waals surface area (Å²) >= 11 is 0. The number of ether oxygens (including phenoxy) is 1. The van der Waals surface area contributed by atoms with E-state index in [2.05, 4.69) is 33.4 Å². The third kappa shape index (κ3) is 5.69. The minimum atomic E-state index is -0.453. The van der Waals surface area contributed by atoms with E-state index in [1.165, 1.54) is 0 Å². The molecule has 0 bridgehead atoms. The summed E-state index contributed by atoms with van der Waals surface area (Å²) in [5.74, 6) is -0.453. The normalized spacial score (nSPS) is 18.6. The summed E-state index contributed by atoms with van der Waals surface area (Å²) in [7, 11) is 2.15. The van der Waals surface area contributed by atoms with Crippen LogP contribution in [0.15, 0.2) is 25.0 Å². The van der Waals surface area contributed by atoms with Crippen LogP contribution in [0.25, 0.3) is 0 Å². The Hall–Kier alpha value is -1.53. The Morgan fingerprint density at radius 3 is 2.82 bits per heavy atom. The Bertz CT molecular complexity index is 454. The van der Waals surface area contributed by atoms with E-state index in [1.807, 2.05) is 6.08 Å². The number of nitrogens with zero attached hydrogens (tertiary/aromatic N) is 4. The first-order valence-electron chi connectivity index (χ1n) is 7.83. The molecule has 0 aromatic carbocycles. The van der Waals surface area contributed by atoms with E-state index in [9.17, 15) is 4.39 Å². The molecular weight excluding hydrogens is 283 g/mol. The van der Waals surface area contributed by atoms with Gasteiger partial charge in [-0.05, 0) is 39.4 Å². The highest BCUT2D eigenvalue weighted by Gasteiger charge is 2.19. The second-order valence-electron chi connectivity index (χ2n) is 5.75. The molecule has 1 saturated heterocycles. The van der Waals surface area contributed by atoms with E-state index >= 15 is 0 Å². The molecule has 1 aromatic rings. The highest BCUT2D eigenvalue weighted by Crippen LogP contribution is 2.12. The molecular formula is C16H25FN4O. The van der Waals surface area contributed by atoms with Crippen LogP contribution >= 0.6 is 0 Å². The second-order valence-corrected chi connectivity index (χ2v) is 5.75. The summed E-state index contributed by atoms with van der Waals surface area (Å²) in [6.45, 7) is 8.92. The van der Waals surface area contributed by atoms with Crippen molar-refractivity contribution in [3.8, 4) is 6.01 Å². The fourth-order valence-corrected chi connectivity index (χ4v) is 2.57. The maximum atomic E-state index is 12.9. The lowest BCUT2D eigenvalue weighted by Crippen LogP contribution is -2.38. The Morgan fingerprint density at radius 2 is 2.09 bits per heavy atom. The van der Waals surface area contributed by atoms with E-state index in [1.54, 1.807) is 0 Å². The number of allylic oxidation sites excluding steroid dienone is 1.